The number of carboxylic acids is 1. The number of nitrogens with zero attached hydrogens (tertiary/aromatic N) is 1. The van der Waals surface area contributed by atoms with Crippen molar-refractivity contribution in [2.24, 2.45) is 0 Å². The Morgan fingerprint density at radius 1 is 1.10 bits per heavy atom. The van der Waals surface area contributed by atoms with E-state index >= 15 is 0 Å². The molecule has 0 aliphatic carbocycles. The molecule has 0 amide bonds. The third kappa shape index (κ3) is 6.66. The highest BCUT2D eigenvalue weighted by molar-refractivity contribution is 7.89. The van der Waals surface area contributed by atoms with Crippen LogP contribution in [0.15, 0.2) is 59.5 Å². The van der Waals surface area contributed by atoms with E-state index < -0.39 is 22.2 Å². The van der Waals surface area contributed by atoms with Crippen molar-refractivity contribution in [2.75, 3.05) is 6.73 Å². The second-order valence-electron chi connectivity index (χ2n) is 6.29. The summed E-state index contributed by atoms with van der Waals surface area (Å²) in [7, 11) is -3.60. The zero-order valence-electron chi connectivity index (χ0n) is 16.5. The molecular weight excluding hydrogens is 437 g/mol. The molecule has 166 valence electrons. The SMILES string of the molecule is Cc1cc(C)c2cccc(OCNS(=O)(=O)c3ccccc3)c2n1.O=C(O)C(F)(F)F. The van der Waals surface area contributed by atoms with Gasteiger partial charge in [-0.2, -0.15) is 17.9 Å². The van der Waals surface area contributed by atoms with Gasteiger partial charge in [-0.1, -0.05) is 30.3 Å². The molecular formula is C20H19F3N2O5S. The monoisotopic (exact) mass is 456 g/mol. The van der Waals surface area contributed by atoms with Crippen molar-refractivity contribution in [3.05, 3.63) is 65.9 Å². The largest absolute Gasteiger partial charge is 0.490 e. The Morgan fingerprint density at radius 2 is 1.71 bits per heavy atom. The molecule has 3 aromatic rings. The minimum atomic E-state index is -5.08. The molecule has 1 aromatic heterocycles. The van der Waals surface area contributed by atoms with Crippen LogP contribution < -0.4 is 9.46 Å². The van der Waals surface area contributed by atoms with Gasteiger partial charge in [-0.05, 0) is 43.7 Å². The van der Waals surface area contributed by atoms with Crippen molar-refractivity contribution in [1.29, 1.82) is 0 Å². The first-order chi connectivity index (χ1) is 14.4. The summed E-state index contributed by atoms with van der Waals surface area (Å²) in [5.74, 6) is -2.21. The number of aliphatic carboxylic acids is 1. The van der Waals surface area contributed by atoms with Gasteiger partial charge >= 0.3 is 12.1 Å². The van der Waals surface area contributed by atoms with E-state index in [4.69, 9.17) is 14.6 Å². The number of carboxylic acid groups (broad SMARTS) is 1. The van der Waals surface area contributed by atoms with Crippen molar-refractivity contribution in [3.63, 3.8) is 0 Å². The summed E-state index contributed by atoms with van der Waals surface area (Å²) in [6, 6.07) is 15.8. The molecule has 0 radical (unpaired) electrons. The fourth-order valence-electron chi connectivity index (χ4n) is 2.54. The molecule has 2 N–H and O–H groups in total. The van der Waals surface area contributed by atoms with Crippen molar-refractivity contribution < 1.29 is 36.2 Å². The number of halogens is 3. The second-order valence-corrected chi connectivity index (χ2v) is 8.05. The maximum atomic E-state index is 12.2. The van der Waals surface area contributed by atoms with E-state index in [0.29, 0.717) is 5.75 Å². The van der Waals surface area contributed by atoms with Crippen LogP contribution in [0.4, 0.5) is 13.2 Å². The molecule has 0 unspecified atom stereocenters. The number of hydrogen-bond donors (Lipinski definition) is 2. The van der Waals surface area contributed by atoms with Crippen LogP contribution in [0.3, 0.4) is 0 Å². The van der Waals surface area contributed by atoms with Gasteiger partial charge in [-0.3, -0.25) is 0 Å². The maximum absolute atomic E-state index is 12.2. The Balaban J connectivity index is 0.000000423. The van der Waals surface area contributed by atoms with Crippen LogP contribution in [0.2, 0.25) is 0 Å². The smallest absolute Gasteiger partial charge is 0.475 e. The standard InChI is InChI=1S/C18H18N2O3S.C2HF3O2/c1-13-11-14(2)20-18-16(13)9-6-10-17(18)23-12-19-24(21,22)15-7-4-3-5-8-15;3-2(4,5)1(6)7/h3-11,19H,12H2,1-2H3;(H,6,7). The van der Waals surface area contributed by atoms with Gasteiger partial charge < -0.3 is 9.84 Å². The van der Waals surface area contributed by atoms with E-state index in [9.17, 15) is 21.6 Å². The summed E-state index contributed by atoms with van der Waals surface area (Å²) in [5, 5.41) is 8.11. The van der Waals surface area contributed by atoms with Crippen LogP contribution in [0, 0.1) is 13.8 Å². The number of rotatable bonds is 5. The molecule has 0 atom stereocenters. The van der Waals surface area contributed by atoms with Gasteiger partial charge in [-0.15, -0.1) is 0 Å². The molecule has 0 aliphatic rings. The molecule has 0 saturated heterocycles. The van der Waals surface area contributed by atoms with Crippen molar-refractivity contribution in [3.8, 4) is 5.75 Å². The Hall–Kier alpha value is -3.18. The van der Waals surface area contributed by atoms with E-state index in [1.165, 1.54) is 12.1 Å². The highest BCUT2D eigenvalue weighted by Crippen LogP contribution is 2.26. The molecule has 1 heterocycles. The van der Waals surface area contributed by atoms with Gasteiger partial charge in [0.2, 0.25) is 10.0 Å². The number of aromatic nitrogens is 1. The Labute approximate surface area is 176 Å². The van der Waals surface area contributed by atoms with E-state index in [-0.39, 0.29) is 11.6 Å². The molecule has 0 aliphatic heterocycles. The number of nitrogens with one attached hydrogen (secondary N) is 1. The molecule has 3 rings (SSSR count). The molecule has 0 saturated carbocycles. The molecule has 7 nitrogen and oxygen atoms in total. The van der Waals surface area contributed by atoms with Gasteiger partial charge in [0, 0.05) is 11.1 Å². The third-order valence-corrected chi connectivity index (χ3v) is 5.30. The summed E-state index contributed by atoms with van der Waals surface area (Å²) in [6.07, 6.45) is -5.08. The third-order valence-electron chi connectivity index (χ3n) is 3.91. The van der Waals surface area contributed by atoms with Crippen LogP contribution >= 0.6 is 0 Å². The zero-order valence-corrected chi connectivity index (χ0v) is 17.3. The fraction of sp³-hybridized carbons (Fsp3) is 0.200. The number of fused-ring (bicyclic) bond motifs is 1. The Morgan fingerprint density at radius 3 is 2.29 bits per heavy atom. The summed E-state index contributed by atoms with van der Waals surface area (Å²) >= 11 is 0. The molecule has 31 heavy (non-hydrogen) atoms. The van der Waals surface area contributed by atoms with Gasteiger partial charge in [0.25, 0.3) is 0 Å². The number of para-hydroxylation sites is 1. The van der Waals surface area contributed by atoms with Gasteiger partial charge in [0.15, 0.2) is 6.73 Å². The number of sulfonamides is 1. The van der Waals surface area contributed by atoms with Crippen molar-refractivity contribution >= 4 is 26.9 Å². The predicted octanol–water partition coefficient (Wildman–Crippen LogP) is 3.80. The van der Waals surface area contributed by atoms with Crippen LogP contribution in [0.1, 0.15) is 11.3 Å². The average molecular weight is 456 g/mol. The van der Waals surface area contributed by atoms with Crippen LogP contribution in [-0.2, 0) is 14.8 Å². The Bertz CT molecular complexity index is 1170. The van der Waals surface area contributed by atoms with Gasteiger partial charge in [0.05, 0.1) is 4.90 Å². The quantitative estimate of drug-likeness (QED) is 0.566. The van der Waals surface area contributed by atoms with Crippen molar-refractivity contribution in [2.45, 2.75) is 24.9 Å². The summed E-state index contributed by atoms with van der Waals surface area (Å²) in [4.78, 5) is 13.6. The lowest BCUT2D eigenvalue weighted by atomic mass is 10.1. The highest BCUT2D eigenvalue weighted by Gasteiger charge is 2.38. The van der Waals surface area contributed by atoms with Gasteiger partial charge in [0.1, 0.15) is 11.3 Å². The zero-order chi connectivity index (χ0) is 23.2. The number of aryl methyl sites for hydroxylation is 2. The van der Waals surface area contributed by atoms with E-state index in [1.807, 2.05) is 32.0 Å². The van der Waals surface area contributed by atoms with Crippen molar-refractivity contribution in [1.82, 2.24) is 9.71 Å². The first kappa shape index (κ1) is 24.1. The normalized spacial score (nSPS) is 11.5. The molecule has 11 heteroatoms. The minimum absolute atomic E-state index is 0.162. The van der Waals surface area contributed by atoms with E-state index in [1.54, 1.807) is 24.3 Å². The number of benzene rings is 2. The van der Waals surface area contributed by atoms with E-state index in [0.717, 1.165) is 22.2 Å². The lowest BCUT2D eigenvalue weighted by molar-refractivity contribution is -0.192. The number of hydrogen-bond acceptors (Lipinski definition) is 5. The first-order valence-electron chi connectivity index (χ1n) is 8.76. The van der Waals surface area contributed by atoms with Crippen LogP contribution in [0.25, 0.3) is 10.9 Å². The van der Waals surface area contributed by atoms with E-state index in [2.05, 4.69) is 9.71 Å². The van der Waals surface area contributed by atoms with Crippen LogP contribution in [-0.4, -0.2) is 37.4 Å². The average Bonchev–Trinajstić information content (AvgIpc) is 2.69. The summed E-state index contributed by atoms with van der Waals surface area (Å²) in [6.45, 7) is 3.77. The lowest BCUT2D eigenvalue weighted by Crippen LogP contribution is -2.28. The fourth-order valence-corrected chi connectivity index (χ4v) is 3.44. The predicted molar refractivity (Wildman–Crippen MR) is 107 cm³/mol. The number of ether oxygens (including phenoxy) is 1. The van der Waals surface area contributed by atoms with Gasteiger partial charge in [-0.25, -0.2) is 18.2 Å². The maximum Gasteiger partial charge on any atom is 0.490 e. The molecule has 0 bridgehead atoms. The molecule has 2 aromatic carbocycles. The first-order valence-corrected chi connectivity index (χ1v) is 10.2. The second kappa shape index (κ2) is 9.75. The number of alkyl halides is 3. The molecule has 0 fully saturated rings. The minimum Gasteiger partial charge on any atom is -0.475 e. The van der Waals surface area contributed by atoms with Crippen LogP contribution in [0.5, 0.6) is 5.75 Å². The summed E-state index contributed by atoms with van der Waals surface area (Å²) < 4.78 is 64.2. The number of pyridine rings is 1. The topological polar surface area (TPSA) is 106 Å². The highest BCUT2D eigenvalue weighted by atomic mass is 32.2. The Kier molecular flexibility index (Phi) is 7.58. The number of carbonyl (C=O) groups is 1. The lowest BCUT2D eigenvalue weighted by Gasteiger charge is -2.12. The summed E-state index contributed by atoms with van der Waals surface area (Å²) in [5.41, 5.74) is 2.72. The molecule has 0 spiro atoms.